The summed E-state index contributed by atoms with van der Waals surface area (Å²) in [7, 11) is 0. The Hall–Kier alpha value is -1.44. The van der Waals surface area contributed by atoms with Crippen molar-refractivity contribution in [3.8, 4) is 11.8 Å². The van der Waals surface area contributed by atoms with Crippen molar-refractivity contribution in [3.05, 3.63) is 35.4 Å². The topological polar surface area (TPSA) is 55.1 Å². The Morgan fingerprint density at radius 2 is 2.11 bits per heavy atom. The minimum Gasteiger partial charge on any atom is -0.349 e. The molecule has 0 unspecified atom stereocenters. The van der Waals surface area contributed by atoms with Gasteiger partial charge in [0.05, 0.1) is 12.1 Å². The minimum atomic E-state index is -0.0289. The van der Waals surface area contributed by atoms with Gasteiger partial charge >= 0.3 is 0 Å². The smallest absolute Gasteiger partial charge is 0.252 e. The van der Waals surface area contributed by atoms with E-state index in [1.165, 1.54) is 0 Å². The summed E-state index contributed by atoms with van der Waals surface area (Å²) < 4.78 is 0. The maximum atomic E-state index is 12.3. The summed E-state index contributed by atoms with van der Waals surface area (Å²) in [5, 5.41) is 3.10. The standard InChI is InChI=1S/C15H18N2OS/c16-9-3-5-12-4-1-2-6-14(12)15(18)17-13-7-10-19-11-8-13/h1-2,4,6,13H,7-11,16H2,(H,17,18). The first-order valence-electron chi connectivity index (χ1n) is 6.48. The van der Waals surface area contributed by atoms with Gasteiger partial charge < -0.3 is 11.1 Å². The van der Waals surface area contributed by atoms with Crippen LogP contribution in [0.1, 0.15) is 28.8 Å². The first-order chi connectivity index (χ1) is 9.31. The first kappa shape index (κ1) is 14.0. The quantitative estimate of drug-likeness (QED) is 0.806. The molecule has 1 aromatic carbocycles. The summed E-state index contributed by atoms with van der Waals surface area (Å²) in [6, 6.07) is 7.71. The fraction of sp³-hybridized carbons (Fsp3) is 0.400. The van der Waals surface area contributed by atoms with Crippen LogP contribution in [0, 0.1) is 11.8 Å². The molecular weight excluding hydrogens is 256 g/mol. The van der Waals surface area contributed by atoms with E-state index in [0.717, 1.165) is 29.9 Å². The lowest BCUT2D eigenvalue weighted by Crippen LogP contribution is -2.37. The highest BCUT2D eigenvalue weighted by Gasteiger charge is 2.18. The van der Waals surface area contributed by atoms with Gasteiger partial charge in [-0.1, -0.05) is 24.0 Å². The van der Waals surface area contributed by atoms with E-state index in [-0.39, 0.29) is 5.91 Å². The number of nitrogens with two attached hydrogens (primary N) is 1. The molecule has 0 bridgehead atoms. The number of rotatable bonds is 2. The maximum absolute atomic E-state index is 12.3. The molecule has 4 heteroatoms. The van der Waals surface area contributed by atoms with Gasteiger partial charge in [-0.2, -0.15) is 11.8 Å². The minimum absolute atomic E-state index is 0.0289. The highest BCUT2D eigenvalue weighted by molar-refractivity contribution is 7.99. The number of benzene rings is 1. The monoisotopic (exact) mass is 274 g/mol. The van der Waals surface area contributed by atoms with E-state index in [4.69, 9.17) is 5.73 Å². The molecule has 1 heterocycles. The summed E-state index contributed by atoms with van der Waals surface area (Å²) in [4.78, 5) is 12.3. The normalized spacial score (nSPS) is 15.4. The predicted molar refractivity (Wildman–Crippen MR) is 80.2 cm³/mol. The van der Waals surface area contributed by atoms with E-state index < -0.39 is 0 Å². The third-order valence-electron chi connectivity index (χ3n) is 3.05. The summed E-state index contributed by atoms with van der Waals surface area (Å²) in [6.07, 6.45) is 2.10. The lowest BCUT2D eigenvalue weighted by molar-refractivity contribution is 0.0934. The van der Waals surface area contributed by atoms with Crippen molar-refractivity contribution in [2.75, 3.05) is 18.1 Å². The second-order valence-electron chi connectivity index (χ2n) is 4.41. The van der Waals surface area contributed by atoms with Gasteiger partial charge in [0.25, 0.3) is 5.91 Å². The molecule has 0 atom stereocenters. The average Bonchev–Trinajstić information content (AvgIpc) is 2.46. The lowest BCUT2D eigenvalue weighted by atomic mass is 10.1. The van der Waals surface area contributed by atoms with Crippen molar-refractivity contribution < 1.29 is 4.79 Å². The molecule has 0 spiro atoms. The van der Waals surface area contributed by atoms with Crippen LogP contribution in [0.2, 0.25) is 0 Å². The second kappa shape index (κ2) is 7.22. The van der Waals surface area contributed by atoms with Crippen molar-refractivity contribution >= 4 is 17.7 Å². The van der Waals surface area contributed by atoms with Gasteiger partial charge in [0.1, 0.15) is 0 Å². The first-order valence-corrected chi connectivity index (χ1v) is 7.63. The Morgan fingerprint density at radius 3 is 2.84 bits per heavy atom. The van der Waals surface area contributed by atoms with Gasteiger partial charge in [-0.25, -0.2) is 0 Å². The molecule has 1 aliphatic rings. The van der Waals surface area contributed by atoms with E-state index in [9.17, 15) is 4.79 Å². The fourth-order valence-electron chi connectivity index (χ4n) is 2.04. The number of hydrogen-bond donors (Lipinski definition) is 2. The van der Waals surface area contributed by atoms with Crippen molar-refractivity contribution in [1.82, 2.24) is 5.32 Å². The number of hydrogen-bond acceptors (Lipinski definition) is 3. The van der Waals surface area contributed by atoms with E-state index >= 15 is 0 Å². The summed E-state index contributed by atoms with van der Waals surface area (Å²) in [5.74, 6) is 7.97. The molecule has 19 heavy (non-hydrogen) atoms. The Morgan fingerprint density at radius 1 is 1.37 bits per heavy atom. The van der Waals surface area contributed by atoms with Gasteiger partial charge in [0.15, 0.2) is 0 Å². The van der Waals surface area contributed by atoms with E-state index in [0.29, 0.717) is 18.2 Å². The van der Waals surface area contributed by atoms with Crippen molar-refractivity contribution in [2.24, 2.45) is 5.73 Å². The summed E-state index contributed by atoms with van der Waals surface area (Å²) in [5.41, 5.74) is 6.76. The highest BCUT2D eigenvalue weighted by atomic mass is 32.2. The number of thioether (sulfide) groups is 1. The SMILES string of the molecule is NCC#Cc1ccccc1C(=O)NC1CCSCC1. The molecule has 1 saturated heterocycles. The maximum Gasteiger partial charge on any atom is 0.252 e. The molecule has 0 aliphatic carbocycles. The molecule has 1 aromatic rings. The van der Waals surface area contributed by atoms with Crippen LogP contribution in [0.15, 0.2) is 24.3 Å². The van der Waals surface area contributed by atoms with Crippen LogP contribution in [0.4, 0.5) is 0 Å². The molecule has 2 rings (SSSR count). The van der Waals surface area contributed by atoms with E-state index in [2.05, 4.69) is 17.2 Å². The third-order valence-corrected chi connectivity index (χ3v) is 4.10. The molecular formula is C15H18N2OS. The van der Waals surface area contributed by atoms with Gasteiger partial charge in [-0.05, 0) is 36.5 Å². The Bertz CT molecular complexity index is 498. The van der Waals surface area contributed by atoms with E-state index in [1.807, 2.05) is 36.0 Å². The Kier molecular flexibility index (Phi) is 5.31. The number of carbonyl (C=O) groups is 1. The van der Waals surface area contributed by atoms with Crippen molar-refractivity contribution in [3.63, 3.8) is 0 Å². The van der Waals surface area contributed by atoms with Gasteiger partial charge in [0.2, 0.25) is 0 Å². The zero-order valence-corrected chi connectivity index (χ0v) is 11.6. The zero-order valence-electron chi connectivity index (χ0n) is 10.8. The zero-order chi connectivity index (χ0) is 13.5. The molecule has 0 aromatic heterocycles. The van der Waals surface area contributed by atoms with Crippen LogP contribution in [0.5, 0.6) is 0 Å². The van der Waals surface area contributed by atoms with Crippen LogP contribution in [-0.4, -0.2) is 30.0 Å². The summed E-state index contributed by atoms with van der Waals surface area (Å²) in [6.45, 7) is 0.301. The van der Waals surface area contributed by atoms with Crippen molar-refractivity contribution in [2.45, 2.75) is 18.9 Å². The molecule has 3 N–H and O–H groups in total. The van der Waals surface area contributed by atoms with Crippen molar-refractivity contribution in [1.29, 1.82) is 0 Å². The van der Waals surface area contributed by atoms with Crippen LogP contribution >= 0.6 is 11.8 Å². The van der Waals surface area contributed by atoms with Crippen LogP contribution in [-0.2, 0) is 0 Å². The number of carbonyl (C=O) groups excluding carboxylic acids is 1. The van der Waals surface area contributed by atoms with E-state index in [1.54, 1.807) is 0 Å². The Labute approximate surface area is 118 Å². The Balaban J connectivity index is 2.09. The lowest BCUT2D eigenvalue weighted by Gasteiger charge is -2.22. The van der Waals surface area contributed by atoms with Crippen LogP contribution in [0.3, 0.4) is 0 Å². The number of amides is 1. The molecule has 100 valence electrons. The third kappa shape index (κ3) is 4.02. The largest absolute Gasteiger partial charge is 0.349 e. The predicted octanol–water partition coefficient (Wildman–Crippen LogP) is 1.62. The molecule has 0 radical (unpaired) electrons. The molecule has 1 amide bonds. The molecule has 1 aliphatic heterocycles. The molecule has 1 fully saturated rings. The van der Waals surface area contributed by atoms with Gasteiger partial charge in [0, 0.05) is 11.6 Å². The summed E-state index contributed by atoms with van der Waals surface area (Å²) >= 11 is 1.95. The average molecular weight is 274 g/mol. The molecule has 0 saturated carbocycles. The van der Waals surface area contributed by atoms with Gasteiger partial charge in [-0.3, -0.25) is 4.79 Å². The van der Waals surface area contributed by atoms with Crippen LogP contribution < -0.4 is 11.1 Å². The molecule has 3 nitrogen and oxygen atoms in total. The van der Waals surface area contributed by atoms with Crippen LogP contribution in [0.25, 0.3) is 0 Å². The second-order valence-corrected chi connectivity index (χ2v) is 5.64. The number of nitrogens with one attached hydrogen (secondary N) is 1. The fourth-order valence-corrected chi connectivity index (χ4v) is 3.15. The van der Waals surface area contributed by atoms with Gasteiger partial charge in [-0.15, -0.1) is 0 Å². The highest BCUT2D eigenvalue weighted by Crippen LogP contribution is 2.17.